The molecule has 0 saturated carbocycles. The molecule has 0 fully saturated rings. The number of carbonyl (C=O) groups excluding carboxylic acids is 1. The number of para-hydroxylation sites is 1. The minimum absolute atomic E-state index is 0.120. The van der Waals surface area contributed by atoms with Gasteiger partial charge in [-0.05, 0) is 42.4 Å². The van der Waals surface area contributed by atoms with E-state index in [-0.39, 0.29) is 18.1 Å². The third-order valence-corrected chi connectivity index (χ3v) is 6.18. The van der Waals surface area contributed by atoms with Crippen LogP contribution in [-0.2, 0) is 16.0 Å². The molecule has 2 N–H and O–H groups in total. The minimum atomic E-state index is -0.383. The average Bonchev–Trinajstić information content (AvgIpc) is 3.20. The molecule has 2 aromatic carbocycles. The summed E-state index contributed by atoms with van der Waals surface area (Å²) in [6.45, 7) is 7.96. The molecule has 4 rings (SSSR count). The van der Waals surface area contributed by atoms with Gasteiger partial charge in [0.15, 0.2) is 0 Å². The summed E-state index contributed by atoms with van der Waals surface area (Å²) in [5, 5.41) is 4.64. The van der Waals surface area contributed by atoms with Crippen molar-refractivity contribution in [1.82, 2.24) is 15.2 Å². The van der Waals surface area contributed by atoms with E-state index in [2.05, 4.69) is 53.3 Å². The fraction of sp³-hybridized carbons (Fsp3) is 0.400. The summed E-state index contributed by atoms with van der Waals surface area (Å²) in [5.74, 6) is 0.616. The molecular weight excluding hydrogens is 390 g/mol. The van der Waals surface area contributed by atoms with Crippen LogP contribution in [0.3, 0.4) is 0 Å². The van der Waals surface area contributed by atoms with Crippen LogP contribution in [-0.4, -0.2) is 55.2 Å². The number of aromatic nitrogens is 1. The number of carbonyl (C=O) groups is 1. The van der Waals surface area contributed by atoms with Gasteiger partial charge >= 0.3 is 5.97 Å². The number of aromatic amines is 1. The van der Waals surface area contributed by atoms with Gasteiger partial charge in [0, 0.05) is 29.6 Å². The molecule has 2 heterocycles. The van der Waals surface area contributed by atoms with E-state index in [1.165, 1.54) is 12.7 Å². The molecule has 0 bridgehead atoms. The SMILES string of the molecule is CCN(CC)CCOc1ccc(C2NC(C(=O)OC)Cc3c2[nH]c2ccccc32)cc1. The van der Waals surface area contributed by atoms with Crippen LogP contribution < -0.4 is 10.1 Å². The third-order valence-electron chi connectivity index (χ3n) is 6.18. The summed E-state index contributed by atoms with van der Waals surface area (Å²) in [6.07, 6.45) is 0.606. The second-order valence-corrected chi connectivity index (χ2v) is 7.89. The Hall–Kier alpha value is -2.83. The lowest BCUT2D eigenvalue weighted by atomic mass is 9.90. The molecule has 2 unspecified atom stereocenters. The Bertz CT molecular complexity index is 1020. The highest BCUT2D eigenvalue weighted by Gasteiger charge is 2.34. The van der Waals surface area contributed by atoms with Crippen LogP contribution in [0.25, 0.3) is 10.9 Å². The Balaban J connectivity index is 1.57. The number of ether oxygens (including phenoxy) is 2. The van der Waals surface area contributed by atoms with Crippen molar-refractivity contribution in [3.8, 4) is 5.75 Å². The standard InChI is InChI=1S/C25H31N3O3/c1-4-28(5-2)14-15-31-18-12-10-17(11-13-18)23-24-20(16-22(27-23)25(29)30-3)19-8-6-7-9-21(19)26-24/h6-13,22-23,26-27H,4-5,14-16H2,1-3H3. The van der Waals surface area contributed by atoms with Crippen LogP contribution in [0.5, 0.6) is 5.75 Å². The van der Waals surface area contributed by atoms with E-state index in [9.17, 15) is 4.79 Å². The van der Waals surface area contributed by atoms with Gasteiger partial charge in [-0.25, -0.2) is 0 Å². The maximum absolute atomic E-state index is 12.4. The number of likely N-dealkylation sites (N-methyl/N-ethyl adjacent to an activating group) is 1. The summed E-state index contributed by atoms with van der Waals surface area (Å²) < 4.78 is 11.0. The summed E-state index contributed by atoms with van der Waals surface area (Å²) in [7, 11) is 1.44. The number of nitrogens with one attached hydrogen (secondary N) is 2. The van der Waals surface area contributed by atoms with E-state index in [4.69, 9.17) is 9.47 Å². The van der Waals surface area contributed by atoms with E-state index in [0.29, 0.717) is 13.0 Å². The van der Waals surface area contributed by atoms with Gasteiger partial charge in [0.25, 0.3) is 0 Å². The number of esters is 1. The second kappa shape index (κ2) is 9.54. The smallest absolute Gasteiger partial charge is 0.323 e. The number of H-pyrrole nitrogens is 1. The van der Waals surface area contributed by atoms with Crippen molar-refractivity contribution in [2.45, 2.75) is 32.4 Å². The fourth-order valence-electron chi connectivity index (χ4n) is 4.38. The highest BCUT2D eigenvalue weighted by molar-refractivity contribution is 5.87. The number of hydrogen-bond donors (Lipinski definition) is 2. The first-order valence-corrected chi connectivity index (χ1v) is 11.0. The van der Waals surface area contributed by atoms with Gasteiger partial charge in [0.05, 0.1) is 13.2 Å². The zero-order chi connectivity index (χ0) is 21.8. The molecule has 1 aromatic heterocycles. The van der Waals surface area contributed by atoms with Gasteiger partial charge in [0.2, 0.25) is 0 Å². The van der Waals surface area contributed by atoms with Gasteiger partial charge in [-0.15, -0.1) is 0 Å². The monoisotopic (exact) mass is 421 g/mol. The predicted octanol–water partition coefficient (Wildman–Crippen LogP) is 3.67. The Morgan fingerprint density at radius 2 is 1.84 bits per heavy atom. The number of hydrogen-bond acceptors (Lipinski definition) is 5. The zero-order valence-electron chi connectivity index (χ0n) is 18.5. The molecular formula is C25H31N3O3. The topological polar surface area (TPSA) is 66.6 Å². The highest BCUT2D eigenvalue weighted by Crippen LogP contribution is 2.35. The Morgan fingerprint density at radius 1 is 1.10 bits per heavy atom. The molecule has 0 radical (unpaired) electrons. The average molecular weight is 422 g/mol. The lowest BCUT2D eigenvalue weighted by molar-refractivity contribution is -0.143. The van der Waals surface area contributed by atoms with Gasteiger partial charge in [-0.1, -0.05) is 44.2 Å². The van der Waals surface area contributed by atoms with Crippen LogP contribution in [0.2, 0.25) is 0 Å². The molecule has 0 spiro atoms. The van der Waals surface area contributed by atoms with Gasteiger partial charge in [0.1, 0.15) is 18.4 Å². The number of methoxy groups -OCH3 is 1. The Labute approximate surface area is 183 Å². The molecule has 3 aromatic rings. The summed E-state index contributed by atoms with van der Waals surface area (Å²) in [4.78, 5) is 18.3. The first-order valence-electron chi connectivity index (χ1n) is 11.0. The molecule has 1 aliphatic rings. The second-order valence-electron chi connectivity index (χ2n) is 7.89. The maximum Gasteiger partial charge on any atom is 0.323 e. The molecule has 164 valence electrons. The van der Waals surface area contributed by atoms with Crippen molar-refractivity contribution in [3.63, 3.8) is 0 Å². The van der Waals surface area contributed by atoms with E-state index < -0.39 is 0 Å². The van der Waals surface area contributed by atoms with Crippen molar-refractivity contribution in [3.05, 3.63) is 65.4 Å². The van der Waals surface area contributed by atoms with E-state index >= 15 is 0 Å². The number of fused-ring (bicyclic) bond motifs is 3. The number of benzene rings is 2. The van der Waals surface area contributed by atoms with Crippen LogP contribution in [0.1, 0.15) is 36.7 Å². The van der Waals surface area contributed by atoms with Crippen LogP contribution in [0.15, 0.2) is 48.5 Å². The van der Waals surface area contributed by atoms with Gasteiger partial charge in [-0.2, -0.15) is 0 Å². The molecule has 0 amide bonds. The molecule has 0 saturated heterocycles. The van der Waals surface area contributed by atoms with E-state index in [0.717, 1.165) is 47.5 Å². The first kappa shape index (κ1) is 21.4. The summed E-state index contributed by atoms with van der Waals surface area (Å²) >= 11 is 0. The third kappa shape index (κ3) is 4.45. The van der Waals surface area contributed by atoms with Crippen molar-refractivity contribution in [2.24, 2.45) is 0 Å². The van der Waals surface area contributed by atoms with Crippen LogP contribution in [0.4, 0.5) is 0 Å². The summed E-state index contributed by atoms with van der Waals surface area (Å²) in [5.41, 5.74) is 4.45. The van der Waals surface area contributed by atoms with Gasteiger partial charge in [-0.3, -0.25) is 10.1 Å². The lowest BCUT2D eigenvalue weighted by Gasteiger charge is -2.30. The fourth-order valence-corrected chi connectivity index (χ4v) is 4.38. The largest absolute Gasteiger partial charge is 0.492 e. The van der Waals surface area contributed by atoms with E-state index in [1.807, 2.05) is 24.3 Å². The van der Waals surface area contributed by atoms with Crippen molar-refractivity contribution >= 4 is 16.9 Å². The molecule has 31 heavy (non-hydrogen) atoms. The van der Waals surface area contributed by atoms with E-state index in [1.54, 1.807) is 0 Å². The van der Waals surface area contributed by atoms with Crippen LogP contribution in [0, 0.1) is 0 Å². The first-order chi connectivity index (χ1) is 15.1. The molecule has 6 heteroatoms. The molecule has 6 nitrogen and oxygen atoms in total. The number of nitrogens with zero attached hydrogens (tertiary/aromatic N) is 1. The predicted molar refractivity (Wildman–Crippen MR) is 123 cm³/mol. The molecule has 0 aliphatic carbocycles. The maximum atomic E-state index is 12.4. The van der Waals surface area contributed by atoms with Crippen molar-refractivity contribution < 1.29 is 14.3 Å². The lowest BCUT2D eigenvalue weighted by Crippen LogP contribution is -2.45. The normalized spacial score (nSPS) is 18.2. The van der Waals surface area contributed by atoms with Crippen molar-refractivity contribution in [2.75, 3.05) is 33.4 Å². The Kier molecular flexibility index (Phi) is 6.59. The molecule has 2 atom stereocenters. The Morgan fingerprint density at radius 3 is 2.55 bits per heavy atom. The van der Waals surface area contributed by atoms with Gasteiger partial charge < -0.3 is 19.4 Å². The zero-order valence-corrected chi connectivity index (χ0v) is 18.5. The summed E-state index contributed by atoms with van der Waals surface area (Å²) in [6, 6.07) is 15.9. The highest BCUT2D eigenvalue weighted by atomic mass is 16.5. The quantitative estimate of drug-likeness (QED) is 0.544. The van der Waals surface area contributed by atoms with Crippen LogP contribution >= 0.6 is 0 Å². The minimum Gasteiger partial charge on any atom is -0.492 e. The van der Waals surface area contributed by atoms with Crippen molar-refractivity contribution in [1.29, 1.82) is 0 Å². The number of rotatable bonds is 8. The molecule has 1 aliphatic heterocycles.